The molecule has 15 heavy (non-hydrogen) atoms. The molecule has 3 aliphatic carbocycles. The number of fused-ring (bicyclic) bond motifs is 3. The first-order valence-corrected chi connectivity index (χ1v) is 7.09. The second-order valence-electron chi connectivity index (χ2n) is 7.17. The van der Waals surface area contributed by atoms with E-state index in [1.165, 1.54) is 25.7 Å². The highest BCUT2D eigenvalue weighted by molar-refractivity contribution is 5.08. The van der Waals surface area contributed by atoms with Crippen molar-refractivity contribution in [2.45, 2.75) is 65.7 Å². The average molecular weight is 206 g/mol. The van der Waals surface area contributed by atoms with Gasteiger partial charge in [-0.05, 0) is 60.7 Å². The van der Waals surface area contributed by atoms with Gasteiger partial charge in [0.2, 0.25) is 0 Å². The summed E-state index contributed by atoms with van der Waals surface area (Å²) in [5.41, 5.74) is 1.46. The van der Waals surface area contributed by atoms with Crippen molar-refractivity contribution in [3.05, 3.63) is 0 Å². The van der Waals surface area contributed by atoms with Crippen LogP contribution in [-0.4, -0.2) is 0 Å². The van der Waals surface area contributed by atoms with Crippen molar-refractivity contribution in [1.82, 2.24) is 0 Å². The zero-order valence-electron chi connectivity index (χ0n) is 10.7. The second-order valence-corrected chi connectivity index (χ2v) is 7.17. The Morgan fingerprint density at radius 2 is 1.87 bits per heavy atom. The van der Waals surface area contributed by atoms with Gasteiger partial charge in [0.1, 0.15) is 0 Å². The minimum atomic E-state index is 0.706. The number of hydrogen-bond donors (Lipinski definition) is 0. The Balaban J connectivity index is 1.89. The first-order chi connectivity index (χ1) is 7.09. The van der Waals surface area contributed by atoms with Gasteiger partial charge in [0.25, 0.3) is 0 Å². The predicted molar refractivity (Wildman–Crippen MR) is 64.7 cm³/mol. The zero-order chi connectivity index (χ0) is 10.7. The molecular formula is C15H26. The minimum Gasteiger partial charge on any atom is -0.0649 e. The molecule has 0 N–H and O–H groups in total. The molecular weight excluding hydrogens is 180 g/mol. The Labute approximate surface area is 94.8 Å². The third-order valence-electron chi connectivity index (χ3n) is 6.63. The molecule has 3 saturated carbocycles. The molecule has 3 rings (SSSR count). The van der Waals surface area contributed by atoms with E-state index < -0.39 is 0 Å². The van der Waals surface area contributed by atoms with Crippen molar-refractivity contribution in [1.29, 1.82) is 0 Å². The van der Waals surface area contributed by atoms with E-state index in [9.17, 15) is 0 Å². The highest BCUT2D eigenvalue weighted by Crippen LogP contribution is 2.68. The summed E-state index contributed by atoms with van der Waals surface area (Å²) in [6.07, 6.45) is 10.7. The van der Waals surface area contributed by atoms with Gasteiger partial charge in [-0.25, -0.2) is 0 Å². The van der Waals surface area contributed by atoms with Crippen LogP contribution in [0.3, 0.4) is 0 Å². The molecule has 3 fully saturated rings. The van der Waals surface area contributed by atoms with Gasteiger partial charge in [0, 0.05) is 0 Å². The molecule has 0 aliphatic heterocycles. The second kappa shape index (κ2) is 3.02. The van der Waals surface area contributed by atoms with E-state index in [-0.39, 0.29) is 0 Å². The molecule has 0 heterocycles. The maximum atomic E-state index is 2.60. The fraction of sp³-hybridized carbons (Fsp3) is 1.00. The van der Waals surface area contributed by atoms with E-state index in [1.807, 2.05) is 0 Å². The molecule has 5 atom stereocenters. The summed E-state index contributed by atoms with van der Waals surface area (Å²) >= 11 is 0. The quantitative estimate of drug-likeness (QED) is 0.586. The van der Waals surface area contributed by atoms with E-state index in [4.69, 9.17) is 0 Å². The van der Waals surface area contributed by atoms with Crippen LogP contribution < -0.4 is 0 Å². The predicted octanol–water partition coefficient (Wildman–Crippen LogP) is 4.64. The molecule has 86 valence electrons. The minimum absolute atomic E-state index is 0.706. The van der Waals surface area contributed by atoms with E-state index in [2.05, 4.69) is 20.8 Å². The Morgan fingerprint density at radius 3 is 2.60 bits per heavy atom. The fourth-order valence-electron chi connectivity index (χ4n) is 5.46. The van der Waals surface area contributed by atoms with Gasteiger partial charge in [-0.15, -0.1) is 0 Å². The summed E-state index contributed by atoms with van der Waals surface area (Å²) in [7, 11) is 0. The van der Waals surface area contributed by atoms with Crippen molar-refractivity contribution >= 4 is 0 Å². The summed E-state index contributed by atoms with van der Waals surface area (Å²) < 4.78 is 0. The molecule has 0 saturated heterocycles. The smallest absolute Gasteiger partial charge is 0.0292 e. The molecule has 0 aromatic carbocycles. The maximum Gasteiger partial charge on any atom is -0.0292 e. The number of rotatable bonds is 1. The summed E-state index contributed by atoms with van der Waals surface area (Å²) in [6.45, 7) is 7.58. The molecule has 0 bridgehead atoms. The molecule has 0 aromatic heterocycles. The zero-order valence-corrected chi connectivity index (χ0v) is 10.7. The van der Waals surface area contributed by atoms with Crippen LogP contribution in [0.5, 0.6) is 0 Å². The summed E-state index contributed by atoms with van der Waals surface area (Å²) in [6, 6.07) is 0. The number of hydrogen-bond acceptors (Lipinski definition) is 0. The lowest BCUT2D eigenvalue weighted by molar-refractivity contribution is 0.180. The van der Waals surface area contributed by atoms with Crippen LogP contribution in [0.15, 0.2) is 0 Å². The molecule has 0 heteroatoms. The monoisotopic (exact) mass is 206 g/mol. The largest absolute Gasteiger partial charge is 0.0649 e. The normalized spacial score (nSPS) is 58.2. The summed E-state index contributed by atoms with van der Waals surface area (Å²) in [5, 5.41) is 0. The Kier molecular flexibility index (Phi) is 2.05. The maximum absolute atomic E-state index is 2.60. The van der Waals surface area contributed by atoms with Crippen molar-refractivity contribution in [2.75, 3.05) is 0 Å². The molecule has 0 spiro atoms. The van der Waals surface area contributed by atoms with Crippen LogP contribution in [-0.2, 0) is 0 Å². The molecule has 0 radical (unpaired) electrons. The average Bonchev–Trinajstić information content (AvgIpc) is 2.78. The lowest BCUT2D eigenvalue weighted by Gasteiger charge is -2.32. The van der Waals surface area contributed by atoms with E-state index in [0.717, 1.165) is 23.2 Å². The van der Waals surface area contributed by atoms with Crippen molar-refractivity contribution in [3.8, 4) is 0 Å². The van der Waals surface area contributed by atoms with Crippen molar-refractivity contribution in [3.63, 3.8) is 0 Å². The van der Waals surface area contributed by atoms with Crippen molar-refractivity contribution < 1.29 is 0 Å². The topological polar surface area (TPSA) is 0 Å². The summed E-state index contributed by atoms with van der Waals surface area (Å²) in [5.74, 6) is 3.30. The van der Waals surface area contributed by atoms with E-state index in [1.54, 1.807) is 19.3 Å². The van der Waals surface area contributed by atoms with Gasteiger partial charge in [0.05, 0.1) is 0 Å². The van der Waals surface area contributed by atoms with Gasteiger partial charge in [-0.1, -0.05) is 33.6 Å². The fourth-order valence-corrected chi connectivity index (χ4v) is 5.46. The van der Waals surface area contributed by atoms with E-state index >= 15 is 0 Å². The third kappa shape index (κ3) is 1.20. The molecule has 0 aromatic rings. The first-order valence-electron chi connectivity index (χ1n) is 7.09. The third-order valence-corrected chi connectivity index (χ3v) is 6.63. The molecule has 0 amide bonds. The van der Waals surface area contributed by atoms with Crippen LogP contribution in [0, 0.1) is 28.6 Å². The Hall–Kier alpha value is 0. The Bertz CT molecular complexity index is 269. The summed E-state index contributed by atoms with van der Waals surface area (Å²) in [4.78, 5) is 0. The lowest BCUT2D eigenvalue weighted by atomic mass is 9.73. The lowest BCUT2D eigenvalue weighted by Crippen LogP contribution is -2.23. The van der Waals surface area contributed by atoms with Crippen LogP contribution in [0.25, 0.3) is 0 Å². The van der Waals surface area contributed by atoms with E-state index in [0.29, 0.717) is 5.41 Å². The standard InChI is InChI=1S/C15H26/c1-4-14(2)9-7-11-12-6-5-8-15(12,3)10-13(11)14/h11-13H,4-10H2,1-3H3. The van der Waals surface area contributed by atoms with Crippen LogP contribution in [0.2, 0.25) is 0 Å². The van der Waals surface area contributed by atoms with Gasteiger partial charge in [-0.2, -0.15) is 0 Å². The van der Waals surface area contributed by atoms with Gasteiger partial charge in [0.15, 0.2) is 0 Å². The van der Waals surface area contributed by atoms with Gasteiger partial charge < -0.3 is 0 Å². The van der Waals surface area contributed by atoms with Crippen LogP contribution in [0.1, 0.15) is 65.7 Å². The highest BCUT2D eigenvalue weighted by atomic mass is 14.6. The molecule has 5 unspecified atom stereocenters. The van der Waals surface area contributed by atoms with Crippen LogP contribution in [0.4, 0.5) is 0 Å². The molecule has 0 nitrogen and oxygen atoms in total. The first kappa shape index (κ1) is 10.2. The molecule has 3 aliphatic rings. The SMILES string of the molecule is CCC1(C)CCC2C1CC1(C)CCCC21. The highest BCUT2D eigenvalue weighted by Gasteiger charge is 2.59. The van der Waals surface area contributed by atoms with Crippen LogP contribution >= 0.6 is 0 Å². The van der Waals surface area contributed by atoms with Gasteiger partial charge >= 0.3 is 0 Å². The van der Waals surface area contributed by atoms with Gasteiger partial charge in [-0.3, -0.25) is 0 Å². The van der Waals surface area contributed by atoms with Crippen molar-refractivity contribution in [2.24, 2.45) is 28.6 Å². The Morgan fingerprint density at radius 1 is 1.07 bits per heavy atom.